The molecule has 0 radical (unpaired) electrons. The summed E-state index contributed by atoms with van der Waals surface area (Å²) >= 11 is 0. The molecule has 0 unspecified atom stereocenters. The Kier molecular flexibility index (Phi) is 6.74. The van der Waals surface area contributed by atoms with E-state index in [9.17, 15) is 13.2 Å². The third-order valence-corrected chi connectivity index (χ3v) is 4.61. The van der Waals surface area contributed by atoms with Crippen molar-refractivity contribution >= 4 is 21.6 Å². The molecular formula is C19H24N2O6S. The highest BCUT2D eigenvalue weighted by Gasteiger charge is 2.14. The van der Waals surface area contributed by atoms with Gasteiger partial charge in [-0.3, -0.25) is 9.52 Å². The first-order valence-electron chi connectivity index (χ1n) is 8.34. The molecule has 2 rings (SSSR count). The number of methoxy groups -OCH3 is 3. The van der Waals surface area contributed by atoms with Gasteiger partial charge in [0.05, 0.1) is 33.3 Å². The van der Waals surface area contributed by atoms with Crippen molar-refractivity contribution in [3.63, 3.8) is 0 Å². The van der Waals surface area contributed by atoms with Crippen LogP contribution in [0.15, 0.2) is 30.3 Å². The molecule has 8 nitrogen and oxygen atoms in total. The second-order valence-corrected chi connectivity index (χ2v) is 7.85. The fourth-order valence-electron chi connectivity index (χ4n) is 2.58. The quantitative estimate of drug-likeness (QED) is 0.695. The average Bonchev–Trinajstić information content (AvgIpc) is 2.65. The SMILES string of the molecule is COc1cc(OC)c(OC)cc1CNC(=O)c1ccc(C)c(NS(C)(=O)=O)c1. The van der Waals surface area contributed by atoms with Gasteiger partial charge in [0.15, 0.2) is 11.5 Å². The Morgan fingerprint density at radius 1 is 0.964 bits per heavy atom. The number of carbonyl (C=O) groups is 1. The van der Waals surface area contributed by atoms with Crippen molar-refractivity contribution in [3.8, 4) is 17.2 Å². The third-order valence-electron chi connectivity index (χ3n) is 4.02. The lowest BCUT2D eigenvalue weighted by molar-refractivity contribution is 0.0950. The van der Waals surface area contributed by atoms with E-state index in [1.807, 2.05) is 0 Å². The summed E-state index contributed by atoms with van der Waals surface area (Å²) in [6.45, 7) is 1.94. The van der Waals surface area contributed by atoms with Gasteiger partial charge in [-0.15, -0.1) is 0 Å². The van der Waals surface area contributed by atoms with E-state index in [0.717, 1.165) is 6.26 Å². The lowest BCUT2D eigenvalue weighted by Crippen LogP contribution is -2.23. The van der Waals surface area contributed by atoms with Crippen molar-refractivity contribution in [1.29, 1.82) is 0 Å². The maximum atomic E-state index is 12.5. The summed E-state index contributed by atoms with van der Waals surface area (Å²) in [5.74, 6) is 1.22. The molecule has 2 aromatic carbocycles. The molecule has 2 aromatic rings. The first-order valence-corrected chi connectivity index (χ1v) is 10.2. The fourth-order valence-corrected chi connectivity index (χ4v) is 3.20. The number of rotatable bonds is 8. The molecule has 2 N–H and O–H groups in total. The van der Waals surface area contributed by atoms with Crippen LogP contribution < -0.4 is 24.2 Å². The van der Waals surface area contributed by atoms with E-state index < -0.39 is 10.0 Å². The van der Waals surface area contributed by atoms with Gasteiger partial charge >= 0.3 is 0 Å². The Morgan fingerprint density at radius 3 is 2.14 bits per heavy atom. The van der Waals surface area contributed by atoms with Gasteiger partial charge in [-0.25, -0.2) is 8.42 Å². The molecule has 152 valence electrons. The van der Waals surface area contributed by atoms with Crippen LogP contribution in [0.25, 0.3) is 0 Å². The van der Waals surface area contributed by atoms with Gasteiger partial charge in [-0.2, -0.15) is 0 Å². The van der Waals surface area contributed by atoms with Gasteiger partial charge in [0.1, 0.15) is 5.75 Å². The molecule has 0 aliphatic rings. The van der Waals surface area contributed by atoms with Crippen molar-refractivity contribution in [2.24, 2.45) is 0 Å². The van der Waals surface area contributed by atoms with Crippen LogP contribution in [0, 0.1) is 6.92 Å². The zero-order chi connectivity index (χ0) is 20.9. The van der Waals surface area contributed by atoms with Crippen molar-refractivity contribution in [3.05, 3.63) is 47.0 Å². The number of ether oxygens (including phenoxy) is 3. The average molecular weight is 408 g/mol. The summed E-state index contributed by atoms with van der Waals surface area (Å²) in [6.07, 6.45) is 1.06. The summed E-state index contributed by atoms with van der Waals surface area (Å²) < 4.78 is 41.2. The highest BCUT2D eigenvalue weighted by Crippen LogP contribution is 2.34. The maximum absolute atomic E-state index is 12.5. The van der Waals surface area contributed by atoms with E-state index in [0.29, 0.717) is 39.6 Å². The number of hydrogen-bond acceptors (Lipinski definition) is 6. The van der Waals surface area contributed by atoms with E-state index in [1.165, 1.54) is 27.4 Å². The predicted molar refractivity (Wildman–Crippen MR) is 107 cm³/mol. The van der Waals surface area contributed by atoms with Crippen molar-refractivity contribution in [1.82, 2.24) is 5.32 Å². The Hall–Kier alpha value is -2.94. The third kappa shape index (κ3) is 5.29. The molecule has 28 heavy (non-hydrogen) atoms. The zero-order valence-electron chi connectivity index (χ0n) is 16.5. The van der Waals surface area contributed by atoms with Crippen LogP contribution >= 0.6 is 0 Å². The van der Waals surface area contributed by atoms with Crippen LogP contribution in [-0.4, -0.2) is 41.9 Å². The molecule has 0 aromatic heterocycles. The largest absolute Gasteiger partial charge is 0.496 e. The second kappa shape index (κ2) is 8.83. The van der Waals surface area contributed by atoms with Gasteiger partial charge in [0, 0.05) is 23.7 Å². The van der Waals surface area contributed by atoms with Gasteiger partial charge in [0.2, 0.25) is 10.0 Å². The monoisotopic (exact) mass is 408 g/mol. The summed E-state index contributed by atoms with van der Waals surface area (Å²) in [4.78, 5) is 12.5. The lowest BCUT2D eigenvalue weighted by Gasteiger charge is -2.15. The summed E-state index contributed by atoms with van der Waals surface area (Å²) in [5, 5.41) is 2.80. The molecular weight excluding hydrogens is 384 g/mol. The number of nitrogens with one attached hydrogen (secondary N) is 2. The lowest BCUT2D eigenvalue weighted by atomic mass is 10.1. The molecule has 0 spiro atoms. The molecule has 0 saturated carbocycles. The zero-order valence-corrected chi connectivity index (χ0v) is 17.3. The van der Waals surface area contributed by atoms with Crippen molar-refractivity contribution < 1.29 is 27.4 Å². The molecule has 0 saturated heterocycles. The molecule has 0 aliphatic heterocycles. The van der Waals surface area contributed by atoms with Gasteiger partial charge < -0.3 is 19.5 Å². The van der Waals surface area contributed by atoms with Crippen LogP contribution in [0.2, 0.25) is 0 Å². The Labute approximate surface area is 164 Å². The van der Waals surface area contributed by atoms with E-state index in [2.05, 4.69) is 10.0 Å². The Bertz CT molecular complexity index is 973. The Morgan fingerprint density at radius 2 is 1.57 bits per heavy atom. The Balaban J connectivity index is 2.21. The highest BCUT2D eigenvalue weighted by atomic mass is 32.2. The standard InChI is InChI=1S/C19H24N2O6S/c1-12-6-7-13(8-15(12)21-28(5,23)24)19(22)20-11-14-9-17(26-3)18(27-4)10-16(14)25-2/h6-10,21H,11H2,1-5H3,(H,20,22). The van der Waals surface area contributed by atoms with E-state index >= 15 is 0 Å². The number of benzene rings is 2. The number of aryl methyl sites for hydroxylation is 1. The minimum absolute atomic E-state index is 0.186. The predicted octanol–water partition coefficient (Wildman–Crippen LogP) is 2.32. The smallest absolute Gasteiger partial charge is 0.251 e. The highest BCUT2D eigenvalue weighted by molar-refractivity contribution is 7.92. The molecule has 1 amide bonds. The summed E-state index contributed by atoms with van der Waals surface area (Å²) in [5.41, 5.74) is 2.11. The van der Waals surface area contributed by atoms with Gasteiger partial charge in [-0.1, -0.05) is 6.07 Å². The molecule has 0 atom stereocenters. The number of amides is 1. The van der Waals surface area contributed by atoms with E-state index in [1.54, 1.807) is 31.2 Å². The number of sulfonamides is 1. The van der Waals surface area contributed by atoms with Crippen molar-refractivity contribution in [2.75, 3.05) is 32.3 Å². The fraction of sp³-hybridized carbons (Fsp3) is 0.316. The van der Waals surface area contributed by atoms with Crippen LogP contribution in [-0.2, 0) is 16.6 Å². The number of hydrogen-bond donors (Lipinski definition) is 2. The summed E-state index contributed by atoms with van der Waals surface area (Å²) in [7, 11) is 1.13. The number of anilines is 1. The van der Waals surface area contributed by atoms with E-state index in [-0.39, 0.29) is 12.5 Å². The van der Waals surface area contributed by atoms with Crippen molar-refractivity contribution in [2.45, 2.75) is 13.5 Å². The molecule has 0 heterocycles. The summed E-state index contributed by atoms with van der Waals surface area (Å²) in [6, 6.07) is 8.21. The molecule has 0 fully saturated rings. The molecule has 9 heteroatoms. The van der Waals surface area contributed by atoms with Crippen LogP contribution in [0.5, 0.6) is 17.2 Å². The number of carbonyl (C=O) groups excluding carboxylic acids is 1. The van der Waals surface area contributed by atoms with E-state index in [4.69, 9.17) is 14.2 Å². The maximum Gasteiger partial charge on any atom is 0.251 e. The first kappa shape index (κ1) is 21.4. The minimum atomic E-state index is -3.44. The van der Waals surface area contributed by atoms with Crippen LogP contribution in [0.1, 0.15) is 21.5 Å². The van der Waals surface area contributed by atoms with Gasteiger partial charge in [0.25, 0.3) is 5.91 Å². The molecule has 0 aliphatic carbocycles. The second-order valence-electron chi connectivity index (χ2n) is 6.11. The van der Waals surface area contributed by atoms with Crippen LogP contribution in [0.4, 0.5) is 5.69 Å². The van der Waals surface area contributed by atoms with Crippen LogP contribution in [0.3, 0.4) is 0 Å². The molecule has 0 bridgehead atoms. The first-order chi connectivity index (χ1) is 13.2. The normalized spacial score (nSPS) is 10.9. The van der Waals surface area contributed by atoms with Gasteiger partial charge in [-0.05, 0) is 30.7 Å². The minimum Gasteiger partial charge on any atom is -0.496 e. The topological polar surface area (TPSA) is 103 Å².